The van der Waals surface area contributed by atoms with Gasteiger partial charge in [0.2, 0.25) is 0 Å². The molecule has 3 nitrogen and oxygen atoms in total. The first kappa shape index (κ1) is 12.3. The van der Waals surface area contributed by atoms with Gasteiger partial charge in [-0.15, -0.1) is 0 Å². The van der Waals surface area contributed by atoms with Gasteiger partial charge in [-0.3, -0.25) is 4.90 Å². The Balaban J connectivity index is 1.88. The van der Waals surface area contributed by atoms with Crippen LogP contribution >= 0.6 is 0 Å². The molecule has 2 fully saturated rings. The van der Waals surface area contributed by atoms with Gasteiger partial charge in [-0.1, -0.05) is 12.8 Å². The highest BCUT2D eigenvalue weighted by Gasteiger charge is 2.31. The molecule has 3 heteroatoms. The van der Waals surface area contributed by atoms with Gasteiger partial charge in [0.05, 0.1) is 6.10 Å². The first-order valence-corrected chi connectivity index (χ1v) is 6.77. The molecule has 0 radical (unpaired) electrons. The van der Waals surface area contributed by atoms with Crippen LogP contribution in [0.4, 0.5) is 0 Å². The predicted octanol–water partition coefficient (Wildman–Crippen LogP) is 1.32. The molecule has 1 N–H and O–H groups in total. The van der Waals surface area contributed by atoms with Crippen molar-refractivity contribution >= 4 is 0 Å². The fourth-order valence-electron chi connectivity index (χ4n) is 3.24. The van der Waals surface area contributed by atoms with Crippen molar-refractivity contribution in [3.8, 4) is 0 Å². The second-order valence-electron chi connectivity index (χ2n) is 5.62. The van der Waals surface area contributed by atoms with Crippen molar-refractivity contribution in [1.29, 1.82) is 0 Å². The summed E-state index contributed by atoms with van der Waals surface area (Å²) in [6, 6.07) is 1.11. The first-order chi connectivity index (χ1) is 7.68. The lowest BCUT2D eigenvalue weighted by molar-refractivity contribution is -0.000201. The zero-order chi connectivity index (χ0) is 11.5. The van der Waals surface area contributed by atoms with Crippen molar-refractivity contribution in [2.45, 2.75) is 56.7 Å². The SMILES string of the molecule is CN1CCC(N(C)[C@H]2CCCC[C@@H]2O)CC1. The van der Waals surface area contributed by atoms with E-state index in [1.165, 1.54) is 45.2 Å². The molecule has 1 saturated carbocycles. The number of hydrogen-bond acceptors (Lipinski definition) is 3. The lowest BCUT2D eigenvalue weighted by Crippen LogP contribution is -2.51. The number of piperidine rings is 1. The third-order valence-electron chi connectivity index (χ3n) is 4.48. The molecule has 1 heterocycles. The molecule has 1 aliphatic heterocycles. The van der Waals surface area contributed by atoms with Gasteiger partial charge in [-0.05, 0) is 52.9 Å². The van der Waals surface area contributed by atoms with Crippen LogP contribution < -0.4 is 0 Å². The molecule has 0 bridgehead atoms. The van der Waals surface area contributed by atoms with E-state index in [0.717, 1.165) is 6.42 Å². The van der Waals surface area contributed by atoms with Crippen LogP contribution in [0.15, 0.2) is 0 Å². The molecular weight excluding hydrogens is 200 g/mol. The van der Waals surface area contributed by atoms with Gasteiger partial charge in [-0.25, -0.2) is 0 Å². The number of nitrogens with zero attached hydrogens (tertiary/aromatic N) is 2. The van der Waals surface area contributed by atoms with Crippen LogP contribution in [0, 0.1) is 0 Å². The second-order valence-corrected chi connectivity index (χ2v) is 5.62. The predicted molar refractivity (Wildman–Crippen MR) is 66.5 cm³/mol. The van der Waals surface area contributed by atoms with Crippen molar-refractivity contribution in [2.24, 2.45) is 0 Å². The average Bonchev–Trinajstić information content (AvgIpc) is 2.30. The van der Waals surface area contributed by atoms with E-state index in [-0.39, 0.29) is 6.10 Å². The zero-order valence-corrected chi connectivity index (χ0v) is 10.7. The lowest BCUT2D eigenvalue weighted by Gasteiger charge is -2.42. The maximum Gasteiger partial charge on any atom is 0.0695 e. The van der Waals surface area contributed by atoms with Gasteiger partial charge in [0.1, 0.15) is 0 Å². The Morgan fingerprint density at radius 1 is 1.06 bits per heavy atom. The number of aliphatic hydroxyl groups excluding tert-OH is 1. The molecule has 2 atom stereocenters. The Bertz CT molecular complexity index is 214. The van der Waals surface area contributed by atoms with Gasteiger partial charge < -0.3 is 10.0 Å². The standard InChI is InChI=1S/C13H26N2O/c1-14-9-7-11(8-10-14)15(2)12-5-3-4-6-13(12)16/h11-13,16H,3-10H2,1-2H3/t12-,13-/m0/s1. The highest BCUT2D eigenvalue weighted by Crippen LogP contribution is 2.26. The molecule has 16 heavy (non-hydrogen) atoms. The summed E-state index contributed by atoms with van der Waals surface area (Å²) in [7, 11) is 4.42. The Labute approximate surface area is 99.4 Å². The van der Waals surface area contributed by atoms with Crippen molar-refractivity contribution in [2.75, 3.05) is 27.2 Å². The van der Waals surface area contributed by atoms with E-state index in [9.17, 15) is 5.11 Å². The molecule has 2 aliphatic rings. The Morgan fingerprint density at radius 3 is 2.31 bits per heavy atom. The summed E-state index contributed by atoms with van der Waals surface area (Å²) in [4.78, 5) is 4.87. The smallest absolute Gasteiger partial charge is 0.0695 e. The summed E-state index contributed by atoms with van der Waals surface area (Å²) in [5.41, 5.74) is 0. The van der Waals surface area contributed by atoms with Crippen LogP contribution in [0.2, 0.25) is 0 Å². The molecule has 1 aliphatic carbocycles. The summed E-state index contributed by atoms with van der Waals surface area (Å²) in [5, 5.41) is 10.1. The molecule has 2 rings (SSSR count). The molecule has 0 aromatic heterocycles. The Morgan fingerprint density at radius 2 is 1.69 bits per heavy atom. The number of likely N-dealkylation sites (N-methyl/N-ethyl adjacent to an activating group) is 1. The van der Waals surface area contributed by atoms with Crippen molar-refractivity contribution < 1.29 is 5.11 Å². The number of hydrogen-bond donors (Lipinski definition) is 1. The summed E-state index contributed by atoms with van der Waals surface area (Å²) < 4.78 is 0. The number of likely N-dealkylation sites (tertiary alicyclic amines) is 1. The second kappa shape index (κ2) is 5.48. The zero-order valence-electron chi connectivity index (χ0n) is 10.7. The maximum atomic E-state index is 10.1. The van der Waals surface area contributed by atoms with E-state index in [4.69, 9.17) is 0 Å². The van der Waals surface area contributed by atoms with E-state index in [1.807, 2.05) is 0 Å². The van der Waals surface area contributed by atoms with Gasteiger partial charge in [0, 0.05) is 12.1 Å². The quantitative estimate of drug-likeness (QED) is 0.769. The van der Waals surface area contributed by atoms with E-state index in [1.54, 1.807) is 0 Å². The largest absolute Gasteiger partial charge is 0.391 e. The summed E-state index contributed by atoms with van der Waals surface area (Å²) >= 11 is 0. The minimum absolute atomic E-state index is 0.0848. The fourth-order valence-corrected chi connectivity index (χ4v) is 3.24. The minimum Gasteiger partial charge on any atom is -0.391 e. The third kappa shape index (κ3) is 2.76. The van der Waals surface area contributed by atoms with Gasteiger partial charge in [0.15, 0.2) is 0 Å². The number of aliphatic hydroxyl groups is 1. The molecule has 0 spiro atoms. The summed E-state index contributed by atoms with van der Waals surface area (Å²) in [6.07, 6.45) is 7.12. The lowest BCUT2D eigenvalue weighted by atomic mass is 9.89. The van der Waals surface area contributed by atoms with Crippen LogP contribution in [0.5, 0.6) is 0 Å². The van der Waals surface area contributed by atoms with Crippen LogP contribution in [0.25, 0.3) is 0 Å². The number of rotatable bonds is 2. The van der Waals surface area contributed by atoms with E-state index in [2.05, 4.69) is 23.9 Å². The minimum atomic E-state index is -0.0848. The fraction of sp³-hybridized carbons (Fsp3) is 1.00. The first-order valence-electron chi connectivity index (χ1n) is 6.77. The summed E-state index contributed by atoms with van der Waals surface area (Å²) in [5.74, 6) is 0. The van der Waals surface area contributed by atoms with Crippen molar-refractivity contribution in [3.05, 3.63) is 0 Å². The van der Waals surface area contributed by atoms with Crippen LogP contribution in [-0.2, 0) is 0 Å². The van der Waals surface area contributed by atoms with E-state index < -0.39 is 0 Å². The average molecular weight is 226 g/mol. The van der Waals surface area contributed by atoms with Gasteiger partial charge >= 0.3 is 0 Å². The Hall–Kier alpha value is -0.120. The van der Waals surface area contributed by atoms with Gasteiger partial charge in [0.25, 0.3) is 0 Å². The highest BCUT2D eigenvalue weighted by molar-refractivity contribution is 4.87. The van der Waals surface area contributed by atoms with Crippen molar-refractivity contribution in [1.82, 2.24) is 9.80 Å². The highest BCUT2D eigenvalue weighted by atomic mass is 16.3. The van der Waals surface area contributed by atoms with Crippen molar-refractivity contribution in [3.63, 3.8) is 0 Å². The third-order valence-corrected chi connectivity index (χ3v) is 4.48. The van der Waals surface area contributed by atoms with E-state index in [0.29, 0.717) is 12.1 Å². The molecule has 1 saturated heterocycles. The van der Waals surface area contributed by atoms with Gasteiger partial charge in [-0.2, -0.15) is 0 Å². The van der Waals surface area contributed by atoms with Crippen LogP contribution in [0.1, 0.15) is 38.5 Å². The monoisotopic (exact) mass is 226 g/mol. The maximum absolute atomic E-state index is 10.1. The Kier molecular flexibility index (Phi) is 4.22. The molecular formula is C13H26N2O. The molecule has 0 aromatic rings. The molecule has 0 aromatic carbocycles. The molecule has 0 amide bonds. The molecule has 94 valence electrons. The topological polar surface area (TPSA) is 26.7 Å². The van der Waals surface area contributed by atoms with Crippen LogP contribution in [0.3, 0.4) is 0 Å². The molecule has 0 unspecified atom stereocenters. The van der Waals surface area contributed by atoms with E-state index >= 15 is 0 Å². The summed E-state index contributed by atoms with van der Waals surface area (Å²) in [6.45, 7) is 2.41. The van der Waals surface area contributed by atoms with Crippen LogP contribution in [-0.4, -0.2) is 60.3 Å². The normalized spacial score (nSPS) is 34.5.